The third-order valence-corrected chi connectivity index (χ3v) is 3.48. The van der Waals surface area contributed by atoms with E-state index in [1.54, 1.807) is 6.07 Å². The first kappa shape index (κ1) is 10.8. The lowest BCUT2D eigenvalue weighted by atomic mass is 9.93. The van der Waals surface area contributed by atoms with Crippen LogP contribution in [-0.4, -0.2) is 6.79 Å². The summed E-state index contributed by atoms with van der Waals surface area (Å²) in [6, 6.07) is 3.53. The minimum absolute atomic E-state index is 0.189. The van der Waals surface area contributed by atoms with E-state index in [4.69, 9.17) is 15.2 Å². The second kappa shape index (κ2) is 3.13. The number of fused-ring (bicyclic) bond motifs is 1. The highest BCUT2D eigenvalue weighted by atomic mass is 19.1. The molecule has 0 amide bonds. The van der Waals surface area contributed by atoms with Gasteiger partial charge >= 0.3 is 0 Å². The summed E-state index contributed by atoms with van der Waals surface area (Å²) in [6.45, 7) is 3.25. The summed E-state index contributed by atoms with van der Waals surface area (Å²) in [6.07, 6.45) is 1.83. The molecule has 0 aromatic heterocycles. The summed E-state index contributed by atoms with van der Waals surface area (Å²) in [5, 5.41) is 0. The van der Waals surface area contributed by atoms with Crippen LogP contribution in [0.4, 0.5) is 4.39 Å². The SMILES string of the molecule is CC(C)(F)c1cc2c(c(C3(N)CC3)c1)OCO2. The Kier molecular flexibility index (Phi) is 2.00. The lowest BCUT2D eigenvalue weighted by Gasteiger charge is -2.19. The highest BCUT2D eigenvalue weighted by Gasteiger charge is 2.44. The van der Waals surface area contributed by atoms with E-state index in [1.807, 2.05) is 6.07 Å². The zero-order chi connectivity index (χ0) is 12.3. The fraction of sp³-hybridized carbons (Fsp3) is 0.538. The molecule has 1 fully saturated rings. The number of hydrogen-bond acceptors (Lipinski definition) is 3. The van der Waals surface area contributed by atoms with Crippen LogP contribution in [0.1, 0.15) is 37.8 Å². The molecule has 92 valence electrons. The van der Waals surface area contributed by atoms with Crippen molar-refractivity contribution in [2.45, 2.75) is 37.9 Å². The van der Waals surface area contributed by atoms with Gasteiger partial charge in [0.2, 0.25) is 6.79 Å². The number of hydrogen-bond donors (Lipinski definition) is 1. The van der Waals surface area contributed by atoms with Gasteiger partial charge in [-0.05, 0) is 44.4 Å². The van der Waals surface area contributed by atoms with Crippen LogP contribution >= 0.6 is 0 Å². The molecule has 3 rings (SSSR count). The molecular formula is C13H16FNO2. The first-order valence-corrected chi connectivity index (χ1v) is 5.83. The van der Waals surface area contributed by atoms with Crippen LogP contribution in [0.3, 0.4) is 0 Å². The van der Waals surface area contributed by atoms with Crippen LogP contribution in [0.15, 0.2) is 12.1 Å². The highest BCUT2D eigenvalue weighted by Crippen LogP contribution is 2.52. The zero-order valence-electron chi connectivity index (χ0n) is 10.0. The van der Waals surface area contributed by atoms with Crippen molar-refractivity contribution in [3.8, 4) is 11.5 Å². The Morgan fingerprint density at radius 3 is 2.59 bits per heavy atom. The molecule has 1 saturated carbocycles. The van der Waals surface area contributed by atoms with Gasteiger partial charge in [0.1, 0.15) is 5.67 Å². The van der Waals surface area contributed by atoms with Crippen molar-refractivity contribution in [2.75, 3.05) is 6.79 Å². The van der Waals surface area contributed by atoms with E-state index in [-0.39, 0.29) is 12.3 Å². The third-order valence-electron chi connectivity index (χ3n) is 3.48. The van der Waals surface area contributed by atoms with E-state index in [1.165, 1.54) is 13.8 Å². The Labute approximate surface area is 99.7 Å². The lowest BCUT2D eigenvalue weighted by molar-refractivity contribution is 0.172. The number of benzene rings is 1. The average molecular weight is 237 g/mol. The highest BCUT2D eigenvalue weighted by molar-refractivity contribution is 5.56. The molecule has 4 heteroatoms. The van der Waals surface area contributed by atoms with Crippen molar-refractivity contribution >= 4 is 0 Å². The average Bonchev–Trinajstić information content (AvgIpc) is 2.81. The van der Waals surface area contributed by atoms with E-state index < -0.39 is 5.67 Å². The van der Waals surface area contributed by atoms with Gasteiger partial charge in [-0.15, -0.1) is 0 Å². The predicted octanol–water partition coefficient (Wildman–Crippen LogP) is 2.57. The number of halogens is 1. The van der Waals surface area contributed by atoms with Gasteiger partial charge < -0.3 is 15.2 Å². The predicted molar refractivity (Wildman–Crippen MR) is 61.8 cm³/mol. The third kappa shape index (κ3) is 1.67. The molecule has 1 aliphatic carbocycles. The summed E-state index contributed by atoms with van der Waals surface area (Å²) in [5.74, 6) is 1.30. The van der Waals surface area contributed by atoms with Crippen molar-refractivity contribution in [3.05, 3.63) is 23.3 Å². The van der Waals surface area contributed by atoms with Gasteiger partial charge in [0.15, 0.2) is 11.5 Å². The molecule has 2 N–H and O–H groups in total. The number of ether oxygens (including phenoxy) is 2. The van der Waals surface area contributed by atoms with Crippen LogP contribution in [0.25, 0.3) is 0 Å². The van der Waals surface area contributed by atoms with Crippen LogP contribution < -0.4 is 15.2 Å². The Hall–Kier alpha value is -1.29. The van der Waals surface area contributed by atoms with Gasteiger partial charge in [0.05, 0.1) is 0 Å². The monoisotopic (exact) mass is 237 g/mol. The molecule has 1 aromatic rings. The molecule has 2 aliphatic rings. The van der Waals surface area contributed by atoms with E-state index in [0.29, 0.717) is 17.1 Å². The molecule has 0 radical (unpaired) electrons. The van der Waals surface area contributed by atoms with E-state index in [9.17, 15) is 4.39 Å². The van der Waals surface area contributed by atoms with Crippen LogP contribution in [0.2, 0.25) is 0 Å². The smallest absolute Gasteiger partial charge is 0.231 e. The van der Waals surface area contributed by atoms with E-state index in [2.05, 4.69) is 0 Å². The molecular weight excluding hydrogens is 221 g/mol. The van der Waals surface area contributed by atoms with Gasteiger partial charge in [0, 0.05) is 11.1 Å². The molecule has 3 nitrogen and oxygen atoms in total. The normalized spacial score (nSPS) is 20.5. The van der Waals surface area contributed by atoms with Gasteiger partial charge in [-0.3, -0.25) is 0 Å². The molecule has 0 spiro atoms. The topological polar surface area (TPSA) is 44.5 Å². The van der Waals surface area contributed by atoms with Crippen molar-refractivity contribution in [1.29, 1.82) is 0 Å². The second-order valence-corrected chi connectivity index (χ2v) is 5.39. The first-order chi connectivity index (χ1) is 7.90. The minimum atomic E-state index is -1.40. The molecule has 1 aromatic carbocycles. The quantitative estimate of drug-likeness (QED) is 0.859. The van der Waals surface area contributed by atoms with Gasteiger partial charge in [-0.1, -0.05) is 0 Å². The Morgan fingerprint density at radius 1 is 1.29 bits per heavy atom. The molecule has 1 aliphatic heterocycles. The maximum atomic E-state index is 14.0. The molecule has 17 heavy (non-hydrogen) atoms. The largest absolute Gasteiger partial charge is 0.454 e. The van der Waals surface area contributed by atoms with Crippen LogP contribution in [-0.2, 0) is 11.2 Å². The first-order valence-electron chi connectivity index (χ1n) is 5.83. The Bertz CT molecular complexity index is 475. The van der Waals surface area contributed by atoms with Crippen molar-refractivity contribution < 1.29 is 13.9 Å². The van der Waals surface area contributed by atoms with Crippen molar-refractivity contribution in [3.63, 3.8) is 0 Å². The summed E-state index contributed by atoms with van der Waals surface area (Å²) < 4.78 is 24.8. The van der Waals surface area contributed by atoms with Crippen molar-refractivity contribution in [2.24, 2.45) is 5.73 Å². The Balaban J connectivity index is 2.17. The summed E-state index contributed by atoms with van der Waals surface area (Å²) >= 11 is 0. The summed E-state index contributed by atoms with van der Waals surface area (Å²) in [4.78, 5) is 0. The maximum Gasteiger partial charge on any atom is 0.231 e. The lowest BCUT2D eigenvalue weighted by Crippen LogP contribution is -2.21. The number of alkyl halides is 1. The van der Waals surface area contributed by atoms with Gasteiger partial charge in [0.25, 0.3) is 0 Å². The van der Waals surface area contributed by atoms with Crippen LogP contribution in [0.5, 0.6) is 11.5 Å². The molecule has 0 unspecified atom stereocenters. The summed E-state index contributed by atoms with van der Waals surface area (Å²) in [5.41, 5.74) is 5.92. The van der Waals surface area contributed by atoms with Gasteiger partial charge in [-0.25, -0.2) is 4.39 Å². The zero-order valence-corrected chi connectivity index (χ0v) is 10.0. The second-order valence-electron chi connectivity index (χ2n) is 5.39. The molecule has 1 heterocycles. The summed E-state index contributed by atoms with van der Waals surface area (Å²) in [7, 11) is 0. The fourth-order valence-corrected chi connectivity index (χ4v) is 2.13. The van der Waals surface area contributed by atoms with Crippen molar-refractivity contribution in [1.82, 2.24) is 0 Å². The Morgan fingerprint density at radius 2 is 2.00 bits per heavy atom. The minimum Gasteiger partial charge on any atom is -0.454 e. The maximum absolute atomic E-state index is 14.0. The van der Waals surface area contributed by atoms with E-state index >= 15 is 0 Å². The molecule has 0 atom stereocenters. The molecule has 0 bridgehead atoms. The van der Waals surface area contributed by atoms with Gasteiger partial charge in [-0.2, -0.15) is 0 Å². The van der Waals surface area contributed by atoms with Crippen LogP contribution in [0, 0.1) is 0 Å². The standard InChI is InChI=1S/C13H16FNO2/c1-12(2,14)8-5-9(13(15)3-4-13)11-10(6-8)16-7-17-11/h5-6H,3-4,7,15H2,1-2H3. The molecule has 0 saturated heterocycles. The van der Waals surface area contributed by atoms with E-state index in [0.717, 1.165) is 18.4 Å². The fourth-order valence-electron chi connectivity index (χ4n) is 2.13. The number of nitrogens with two attached hydrogens (primary N) is 1. The number of rotatable bonds is 2.